The van der Waals surface area contributed by atoms with Gasteiger partial charge in [0.25, 0.3) is 0 Å². The number of carbonyl (C=O) groups is 1. The Morgan fingerprint density at radius 3 is 2.21 bits per heavy atom. The highest BCUT2D eigenvalue weighted by molar-refractivity contribution is 5.76. The molecule has 1 atom stereocenters. The Bertz CT molecular complexity index is 252. The Balaban J connectivity index is 4.35. The molecule has 1 unspecified atom stereocenters. The molecular formula is C14H30N2O3. The Kier molecular flexibility index (Phi) is 8.97. The minimum absolute atomic E-state index is 0.0604. The number of hydrogen-bond donors (Lipinski definition) is 1. The predicted octanol–water partition coefficient (Wildman–Crippen LogP) is 1.26. The van der Waals surface area contributed by atoms with Gasteiger partial charge in [0.05, 0.1) is 6.61 Å². The SMILES string of the molecule is COCCCN(CCOC)C(=O)CC(N)C(C)(C)C. The standard InChI is InChI=1S/C14H30N2O3/c1-14(2,3)12(15)11-13(17)16(8-10-19-5)7-6-9-18-4/h12H,6-11,15H2,1-5H3. The molecule has 0 aliphatic heterocycles. The van der Waals surface area contributed by atoms with Crippen molar-refractivity contribution in [2.75, 3.05) is 40.5 Å². The van der Waals surface area contributed by atoms with E-state index in [2.05, 4.69) is 20.8 Å². The zero-order chi connectivity index (χ0) is 14.9. The number of methoxy groups -OCH3 is 2. The summed E-state index contributed by atoms with van der Waals surface area (Å²) in [6.07, 6.45) is 1.21. The van der Waals surface area contributed by atoms with Crippen molar-refractivity contribution in [3.8, 4) is 0 Å². The van der Waals surface area contributed by atoms with Crippen LogP contribution in [0.4, 0.5) is 0 Å². The maximum absolute atomic E-state index is 12.2. The summed E-state index contributed by atoms with van der Waals surface area (Å²) in [6, 6.07) is -0.132. The molecular weight excluding hydrogens is 244 g/mol. The third-order valence-electron chi connectivity index (χ3n) is 3.20. The average molecular weight is 274 g/mol. The summed E-state index contributed by atoms with van der Waals surface area (Å²) in [7, 11) is 3.30. The largest absolute Gasteiger partial charge is 0.385 e. The average Bonchev–Trinajstić information content (AvgIpc) is 2.32. The monoisotopic (exact) mass is 274 g/mol. The number of rotatable bonds is 9. The Hall–Kier alpha value is -0.650. The number of amides is 1. The fraction of sp³-hybridized carbons (Fsp3) is 0.929. The van der Waals surface area contributed by atoms with Gasteiger partial charge in [-0.25, -0.2) is 0 Å². The van der Waals surface area contributed by atoms with E-state index in [-0.39, 0.29) is 17.4 Å². The lowest BCUT2D eigenvalue weighted by atomic mass is 9.85. The van der Waals surface area contributed by atoms with E-state index in [4.69, 9.17) is 15.2 Å². The Labute approximate surface area is 117 Å². The summed E-state index contributed by atoms with van der Waals surface area (Å²) in [5.74, 6) is 0.0931. The summed E-state index contributed by atoms with van der Waals surface area (Å²) in [4.78, 5) is 14.1. The van der Waals surface area contributed by atoms with E-state index in [1.807, 2.05) is 4.90 Å². The maximum atomic E-state index is 12.2. The van der Waals surface area contributed by atoms with Crippen molar-refractivity contribution in [2.45, 2.75) is 39.7 Å². The molecule has 0 aromatic carbocycles. The first-order chi connectivity index (χ1) is 8.82. The van der Waals surface area contributed by atoms with Crippen molar-refractivity contribution < 1.29 is 14.3 Å². The summed E-state index contributed by atoms with van der Waals surface area (Å²) < 4.78 is 10.1. The highest BCUT2D eigenvalue weighted by Gasteiger charge is 2.25. The van der Waals surface area contributed by atoms with Gasteiger partial charge < -0.3 is 20.1 Å². The Morgan fingerprint density at radius 1 is 1.16 bits per heavy atom. The fourth-order valence-corrected chi connectivity index (χ4v) is 1.59. The normalized spacial score (nSPS) is 13.4. The summed E-state index contributed by atoms with van der Waals surface area (Å²) in [5, 5.41) is 0. The Morgan fingerprint density at radius 2 is 1.74 bits per heavy atom. The fourth-order valence-electron chi connectivity index (χ4n) is 1.59. The van der Waals surface area contributed by atoms with Crippen LogP contribution in [0.15, 0.2) is 0 Å². The van der Waals surface area contributed by atoms with Gasteiger partial charge in [-0.15, -0.1) is 0 Å². The van der Waals surface area contributed by atoms with Crippen LogP contribution in [-0.2, 0) is 14.3 Å². The molecule has 19 heavy (non-hydrogen) atoms. The molecule has 0 saturated carbocycles. The van der Waals surface area contributed by atoms with Crippen molar-refractivity contribution in [3.05, 3.63) is 0 Å². The topological polar surface area (TPSA) is 64.8 Å². The highest BCUT2D eigenvalue weighted by atomic mass is 16.5. The van der Waals surface area contributed by atoms with Crippen molar-refractivity contribution in [2.24, 2.45) is 11.1 Å². The molecule has 0 fully saturated rings. The number of nitrogens with zero attached hydrogens (tertiary/aromatic N) is 1. The first-order valence-electron chi connectivity index (χ1n) is 6.84. The van der Waals surface area contributed by atoms with Crippen LogP contribution < -0.4 is 5.73 Å². The molecule has 0 spiro atoms. The van der Waals surface area contributed by atoms with Crippen LogP contribution in [0.2, 0.25) is 0 Å². The van der Waals surface area contributed by atoms with Crippen LogP contribution in [0.25, 0.3) is 0 Å². The molecule has 0 aromatic rings. The zero-order valence-corrected chi connectivity index (χ0v) is 13.1. The quantitative estimate of drug-likeness (QED) is 0.643. The number of nitrogens with two attached hydrogens (primary N) is 1. The number of ether oxygens (including phenoxy) is 2. The van der Waals surface area contributed by atoms with E-state index >= 15 is 0 Å². The summed E-state index contributed by atoms with van der Waals surface area (Å²) >= 11 is 0. The van der Waals surface area contributed by atoms with E-state index in [0.717, 1.165) is 6.42 Å². The van der Waals surface area contributed by atoms with Crippen LogP contribution in [0.3, 0.4) is 0 Å². The molecule has 0 bridgehead atoms. The molecule has 0 heterocycles. The molecule has 5 heteroatoms. The molecule has 0 aliphatic rings. The van der Waals surface area contributed by atoms with Gasteiger partial charge in [-0.05, 0) is 11.8 Å². The third-order valence-corrected chi connectivity index (χ3v) is 3.20. The van der Waals surface area contributed by atoms with Gasteiger partial charge in [0.15, 0.2) is 0 Å². The zero-order valence-electron chi connectivity index (χ0n) is 13.1. The van der Waals surface area contributed by atoms with Crippen LogP contribution in [0.1, 0.15) is 33.6 Å². The second-order valence-corrected chi connectivity index (χ2v) is 5.90. The van der Waals surface area contributed by atoms with Crippen LogP contribution in [-0.4, -0.2) is 57.4 Å². The van der Waals surface area contributed by atoms with Gasteiger partial charge in [-0.1, -0.05) is 20.8 Å². The minimum atomic E-state index is -0.132. The number of carbonyl (C=O) groups excluding carboxylic acids is 1. The first kappa shape index (κ1) is 18.4. The van der Waals surface area contributed by atoms with E-state index in [1.165, 1.54) is 0 Å². The third kappa shape index (κ3) is 8.18. The minimum Gasteiger partial charge on any atom is -0.385 e. The predicted molar refractivity (Wildman–Crippen MR) is 77.0 cm³/mol. The van der Waals surface area contributed by atoms with Gasteiger partial charge in [-0.2, -0.15) is 0 Å². The molecule has 0 saturated heterocycles. The van der Waals surface area contributed by atoms with E-state index in [1.54, 1.807) is 14.2 Å². The van der Waals surface area contributed by atoms with Gasteiger partial charge >= 0.3 is 0 Å². The smallest absolute Gasteiger partial charge is 0.224 e. The van der Waals surface area contributed by atoms with Crippen molar-refractivity contribution in [1.82, 2.24) is 4.90 Å². The van der Waals surface area contributed by atoms with Gasteiger partial charge in [0.2, 0.25) is 5.91 Å². The van der Waals surface area contributed by atoms with E-state index < -0.39 is 0 Å². The van der Waals surface area contributed by atoms with Crippen LogP contribution in [0, 0.1) is 5.41 Å². The molecule has 2 N–H and O–H groups in total. The lowest BCUT2D eigenvalue weighted by Crippen LogP contribution is -2.43. The molecule has 114 valence electrons. The molecule has 0 rings (SSSR count). The van der Waals surface area contributed by atoms with Gasteiger partial charge in [0.1, 0.15) is 0 Å². The summed E-state index contributed by atoms with van der Waals surface area (Å²) in [5.41, 5.74) is 6.01. The van der Waals surface area contributed by atoms with E-state index in [0.29, 0.717) is 32.7 Å². The van der Waals surface area contributed by atoms with Crippen molar-refractivity contribution >= 4 is 5.91 Å². The second-order valence-electron chi connectivity index (χ2n) is 5.90. The highest BCUT2D eigenvalue weighted by Crippen LogP contribution is 2.20. The summed E-state index contributed by atoms with van der Waals surface area (Å²) in [6.45, 7) is 8.65. The number of hydrogen-bond acceptors (Lipinski definition) is 4. The van der Waals surface area contributed by atoms with Gasteiger partial charge in [0, 0.05) is 46.4 Å². The van der Waals surface area contributed by atoms with Crippen LogP contribution >= 0.6 is 0 Å². The van der Waals surface area contributed by atoms with Gasteiger partial charge in [-0.3, -0.25) is 4.79 Å². The molecule has 5 nitrogen and oxygen atoms in total. The lowest BCUT2D eigenvalue weighted by Gasteiger charge is -2.29. The van der Waals surface area contributed by atoms with Crippen molar-refractivity contribution in [1.29, 1.82) is 0 Å². The van der Waals surface area contributed by atoms with E-state index in [9.17, 15) is 4.79 Å². The molecule has 1 amide bonds. The molecule has 0 radical (unpaired) electrons. The first-order valence-corrected chi connectivity index (χ1v) is 6.84. The van der Waals surface area contributed by atoms with Crippen LogP contribution in [0.5, 0.6) is 0 Å². The molecule has 0 aliphatic carbocycles. The lowest BCUT2D eigenvalue weighted by molar-refractivity contribution is -0.133. The van der Waals surface area contributed by atoms with Crippen molar-refractivity contribution in [3.63, 3.8) is 0 Å². The maximum Gasteiger partial charge on any atom is 0.224 e. The second kappa shape index (κ2) is 9.28. The molecule has 0 aromatic heterocycles.